The molecule has 1 heterocycles. The van der Waals surface area contributed by atoms with Crippen molar-refractivity contribution < 1.29 is 9.47 Å². The van der Waals surface area contributed by atoms with Gasteiger partial charge in [-0.1, -0.05) is 6.07 Å². The molecule has 0 aliphatic carbocycles. The quantitative estimate of drug-likeness (QED) is 0.407. The van der Waals surface area contributed by atoms with Crippen LogP contribution in [-0.2, 0) is 0 Å². The Kier molecular flexibility index (Phi) is 8.66. The maximum absolute atomic E-state index is 5.75. The Balaban J connectivity index is 1.65. The first-order chi connectivity index (χ1) is 11.8. The zero-order valence-corrected chi connectivity index (χ0v) is 15.5. The van der Waals surface area contributed by atoms with Crippen molar-refractivity contribution in [2.75, 3.05) is 39.1 Å². The van der Waals surface area contributed by atoms with E-state index in [0.29, 0.717) is 11.9 Å². The minimum absolute atomic E-state index is 0.665. The number of guanidine groups is 1. The normalized spacial score (nSPS) is 17.6. The van der Waals surface area contributed by atoms with Crippen LogP contribution in [0.2, 0.25) is 0 Å². The summed E-state index contributed by atoms with van der Waals surface area (Å²) in [5.74, 6) is 3.85. The van der Waals surface area contributed by atoms with Crippen LogP contribution in [0.5, 0.6) is 11.5 Å². The highest BCUT2D eigenvalue weighted by atomic mass is 32.2. The maximum atomic E-state index is 5.75. The van der Waals surface area contributed by atoms with Crippen molar-refractivity contribution in [1.29, 1.82) is 0 Å². The average molecular weight is 352 g/mol. The molecule has 0 aromatic heterocycles. The van der Waals surface area contributed by atoms with E-state index in [2.05, 4.69) is 17.6 Å². The van der Waals surface area contributed by atoms with Crippen molar-refractivity contribution in [2.45, 2.75) is 31.4 Å². The van der Waals surface area contributed by atoms with E-state index in [1.807, 2.05) is 36.0 Å². The Labute approximate surface area is 149 Å². The summed E-state index contributed by atoms with van der Waals surface area (Å²) in [4.78, 5) is 4.69. The van der Waals surface area contributed by atoms with Gasteiger partial charge in [0.15, 0.2) is 5.96 Å². The van der Waals surface area contributed by atoms with Gasteiger partial charge in [0.2, 0.25) is 0 Å². The molecule has 1 aliphatic rings. The van der Waals surface area contributed by atoms with Crippen molar-refractivity contribution in [3.63, 3.8) is 0 Å². The van der Waals surface area contributed by atoms with E-state index in [9.17, 15) is 0 Å². The summed E-state index contributed by atoms with van der Waals surface area (Å²) in [6.07, 6.45) is 3.54. The molecule has 24 heavy (non-hydrogen) atoms. The summed E-state index contributed by atoms with van der Waals surface area (Å²) in [7, 11) is 1.66. The van der Waals surface area contributed by atoms with Crippen molar-refractivity contribution in [2.24, 2.45) is 4.99 Å². The van der Waals surface area contributed by atoms with Crippen LogP contribution in [0.25, 0.3) is 0 Å². The molecular formula is C18H29N3O2S. The molecule has 0 bridgehead atoms. The van der Waals surface area contributed by atoms with Crippen LogP contribution >= 0.6 is 11.8 Å². The van der Waals surface area contributed by atoms with Gasteiger partial charge in [-0.25, -0.2) is 0 Å². The number of thioether (sulfide) groups is 1. The molecule has 2 N–H and O–H groups in total. The summed E-state index contributed by atoms with van der Waals surface area (Å²) in [6.45, 7) is 5.38. The minimum atomic E-state index is 0.665. The minimum Gasteiger partial charge on any atom is -0.497 e. The number of ether oxygens (including phenoxy) is 2. The topological polar surface area (TPSA) is 54.9 Å². The lowest BCUT2D eigenvalue weighted by Crippen LogP contribution is -2.38. The molecule has 1 unspecified atom stereocenters. The molecule has 1 fully saturated rings. The third-order valence-electron chi connectivity index (χ3n) is 3.74. The van der Waals surface area contributed by atoms with Gasteiger partial charge in [-0.2, -0.15) is 11.8 Å². The SMILES string of the molecule is CCNC(=NCC1CCCS1)NCCCOc1cccc(OC)c1. The Morgan fingerprint density at radius 2 is 2.21 bits per heavy atom. The highest BCUT2D eigenvalue weighted by molar-refractivity contribution is 8.00. The van der Waals surface area contributed by atoms with Gasteiger partial charge >= 0.3 is 0 Å². The van der Waals surface area contributed by atoms with Crippen LogP contribution < -0.4 is 20.1 Å². The lowest BCUT2D eigenvalue weighted by molar-refractivity contribution is 0.308. The maximum Gasteiger partial charge on any atom is 0.191 e. The van der Waals surface area contributed by atoms with Crippen molar-refractivity contribution in [3.05, 3.63) is 24.3 Å². The Hall–Kier alpha value is -1.56. The zero-order chi connectivity index (χ0) is 17.0. The van der Waals surface area contributed by atoms with E-state index in [1.165, 1.54) is 18.6 Å². The second-order valence-electron chi connectivity index (χ2n) is 5.66. The molecular weight excluding hydrogens is 322 g/mol. The Bertz CT molecular complexity index is 505. The largest absolute Gasteiger partial charge is 0.497 e. The molecule has 5 nitrogen and oxygen atoms in total. The van der Waals surface area contributed by atoms with Crippen molar-refractivity contribution in [3.8, 4) is 11.5 Å². The first kappa shape index (κ1) is 18.8. The lowest BCUT2D eigenvalue weighted by atomic mass is 10.2. The van der Waals surface area contributed by atoms with Gasteiger partial charge in [0.05, 0.1) is 20.3 Å². The van der Waals surface area contributed by atoms with Gasteiger partial charge in [0.1, 0.15) is 11.5 Å². The molecule has 0 radical (unpaired) electrons. The second-order valence-corrected chi connectivity index (χ2v) is 7.07. The molecule has 1 aromatic rings. The number of methoxy groups -OCH3 is 1. The first-order valence-corrected chi connectivity index (χ1v) is 9.77. The molecule has 1 aliphatic heterocycles. The molecule has 0 spiro atoms. The summed E-state index contributed by atoms with van der Waals surface area (Å²) >= 11 is 2.04. The van der Waals surface area contributed by atoms with Crippen LogP contribution in [0, 0.1) is 0 Å². The Morgan fingerprint density at radius 3 is 2.96 bits per heavy atom. The summed E-state index contributed by atoms with van der Waals surface area (Å²) in [5, 5.41) is 7.37. The predicted octanol–water partition coefficient (Wildman–Crippen LogP) is 2.91. The molecule has 6 heteroatoms. The average Bonchev–Trinajstić information content (AvgIpc) is 3.13. The molecule has 1 atom stereocenters. The first-order valence-electron chi connectivity index (χ1n) is 8.72. The number of hydrogen-bond acceptors (Lipinski definition) is 4. The summed E-state index contributed by atoms with van der Waals surface area (Å²) in [6, 6.07) is 7.69. The fourth-order valence-corrected chi connectivity index (χ4v) is 3.66. The molecule has 2 rings (SSSR count). The third-order valence-corrected chi connectivity index (χ3v) is 5.13. The number of rotatable bonds is 9. The Morgan fingerprint density at radius 1 is 1.33 bits per heavy atom. The number of nitrogens with zero attached hydrogens (tertiary/aromatic N) is 1. The summed E-state index contributed by atoms with van der Waals surface area (Å²) < 4.78 is 10.9. The van der Waals surface area contributed by atoms with Crippen LogP contribution in [0.4, 0.5) is 0 Å². The van der Waals surface area contributed by atoms with Gasteiger partial charge < -0.3 is 20.1 Å². The van der Waals surface area contributed by atoms with E-state index < -0.39 is 0 Å². The van der Waals surface area contributed by atoms with Crippen LogP contribution in [0.1, 0.15) is 26.2 Å². The van der Waals surface area contributed by atoms with Crippen LogP contribution in [-0.4, -0.2) is 50.3 Å². The van der Waals surface area contributed by atoms with E-state index in [4.69, 9.17) is 14.5 Å². The van der Waals surface area contributed by atoms with Gasteiger partial charge in [0.25, 0.3) is 0 Å². The predicted molar refractivity (Wildman–Crippen MR) is 103 cm³/mol. The number of aliphatic imine (C=N–C) groups is 1. The van der Waals surface area contributed by atoms with E-state index in [0.717, 1.165) is 43.5 Å². The zero-order valence-electron chi connectivity index (χ0n) is 14.7. The van der Waals surface area contributed by atoms with Gasteiger partial charge in [-0.05, 0) is 44.1 Å². The molecule has 0 amide bonds. The highest BCUT2D eigenvalue weighted by Crippen LogP contribution is 2.26. The summed E-state index contributed by atoms with van der Waals surface area (Å²) in [5.41, 5.74) is 0. The molecule has 134 valence electrons. The third kappa shape index (κ3) is 6.91. The molecule has 1 saturated heterocycles. The molecule has 0 saturated carbocycles. The monoisotopic (exact) mass is 351 g/mol. The fourth-order valence-electron chi connectivity index (χ4n) is 2.48. The fraction of sp³-hybridized carbons (Fsp3) is 0.611. The van der Waals surface area contributed by atoms with Crippen LogP contribution in [0.15, 0.2) is 29.3 Å². The lowest BCUT2D eigenvalue weighted by Gasteiger charge is -2.13. The van der Waals surface area contributed by atoms with E-state index in [1.54, 1.807) is 7.11 Å². The van der Waals surface area contributed by atoms with E-state index >= 15 is 0 Å². The molecule has 1 aromatic carbocycles. The van der Waals surface area contributed by atoms with Crippen molar-refractivity contribution >= 4 is 17.7 Å². The highest BCUT2D eigenvalue weighted by Gasteiger charge is 2.14. The van der Waals surface area contributed by atoms with E-state index in [-0.39, 0.29) is 0 Å². The number of hydrogen-bond donors (Lipinski definition) is 2. The smallest absolute Gasteiger partial charge is 0.191 e. The van der Waals surface area contributed by atoms with Crippen molar-refractivity contribution in [1.82, 2.24) is 10.6 Å². The van der Waals surface area contributed by atoms with Crippen LogP contribution in [0.3, 0.4) is 0 Å². The van der Waals surface area contributed by atoms with Gasteiger partial charge in [-0.3, -0.25) is 4.99 Å². The number of benzene rings is 1. The standard InChI is InChI=1S/C18H29N3O2S/c1-3-19-18(21-14-17-9-5-12-24-17)20-10-6-11-23-16-8-4-7-15(13-16)22-2/h4,7-8,13,17H,3,5-6,9-12,14H2,1-2H3,(H2,19,20,21). The van der Waals surface area contributed by atoms with Gasteiger partial charge in [-0.15, -0.1) is 0 Å². The van der Waals surface area contributed by atoms with Gasteiger partial charge in [0, 0.05) is 24.4 Å². The second kappa shape index (κ2) is 11.1. The number of nitrogens with one attached hydrogen (secondary N) is 2.